The molecule has 100 valence electrons. The van der Waals surface area contributed by atoms with Gasteiger partial charge >= 0.3 is 0 Å². The number of carbonyl (C=O) groups is 1. The van der Waals surface area contributed by atoms with Crippen LogP contribution in [0, 0.1) is 12.7 Å². The van der Waals surface area contributed by atoms with E-state index in [1.807, 2.05) is 0 Å². The fourth-order valence-electron chi connectivity index (χ4n) is 1.38. The second-order valence-electron chi connectivity index (χ2n) is 4.15. The third-order valence-corrected chi connectivity index (χ3v) is 3.69. The van der Waals surface area contributed by atoms with Gasteiger partial charge in [0.2, 0.25) is 0 Å². The quantitative estimate of drug-likeness (QED) is 0.869. The highest BCUT2D eigenvalue weighted by atomic mass is 35.7. The van der Waals surface area contributed by atoms with Crippen molar-refractivity contribution in [2.45, 2.75) is 31.7 Å². The average molecular weight is 294 g/mol. The van der Waals surface area contributed by atoms with E-state index < -0.39 is 25.7 Å². The number of hydrogen-bond donors (Lipinski definition) is 1. The van der Waals surface area contributed by atoms with Gasteiger partial charge in [-0.05, 0) is 32.9 Å². The van der Waals surface area contributed by atoms with Gasteiger partial charge < -0.3 is 5.32 Å². The summed E-state index contributed by atoms with van der Waals surface area (Å²) in [6.07, 6.45) is 0. The molecule has 18 heavy (non-hydrogen) atoms. The normalized spacial score (nSPS) is 11.7. The Morgan fingerprint density at radius 3 is 2.39 bits per heavy atom. The molecular formula is C11H13ClFNO3S. The summed E-state index contributed by atoms with van der Waals surface area (Å²) in [7, 11) is 1.10. The maximum atomic E-state index is 13.6. The lowest BCUT2D eigenvalue weighted by Crippen LogP contribution is -2.30. The van der Waals surface area contributed by atoms with E-state index in [4.69, 9.17) is 10.7 Å². The van der Waals surface area contributed by atoms with Crippen molar-refractivity contribution in [3.8, 4) is 0 Å². The van der Waals surface area contributed by atoms with Crippen molar-refractivity contribution in [1.82, 2.24) is 5.32 Å². The fourth-order valence-corrected chi connectivity index (χ4v) is 2.60. The topological polar surface area (TPSA) is 63.2 Å². The molecule has 0 aliphatic heterocycles. The molecule has 0 aliphatic rings. The molecule has 0 saturated heterocycles. The van der Waals surface area contributed by atoms with Crippen molar-refractivity contribution >= 4 is 25.6 Å². The third-order valence-electron chi connectivity index (χ3n) is 2.24. The summed E-state index contributed by atoms with van der Waals surface area (Å²) < 4.78 is 36.1. The van der Waals surface area contributed by atoms with Crippen LogP contribution in [-0.4, -0.2) is 20.4 Å². The zero-order valence-electron chi connectivity index (χ0n) is 10.1. The Kier molecular flexibility index (Phi) is 4.34. The SMILES string of the molecule is Cc1c(F)cc(C(=O)NC(C)C)cc1S(=O)(=O)Cl. The molecule has 1 aromatic carbocycles. The highest BCUT2D eigenvalue weighted by molar-refractivity contribution is 8.13. The van der Waals surface area contributed by atoms with Crippen molar-refractivity contribution in [3.05, 3.63) is 29.1 Å². The molecule has 0 fully saturated rings. The van der Waals surface area contributed by atoms with Crippen molar-refractivity contribution in [1.29, 1.82) is 0 Å². The van der Waals surface area contributed by atoms with Crippen LogP contribution in [0.2, 0.25) is 0 Å². The molecule has 1 rings (SSSR count). The van der Waals surface area contributed by atoms with E-state index in [9.17, 15) is 17.6 Å². The van der Waals surface area contributed by atoms with Gasteiger partial charge in [-0.3, -0.25) is 4.79 Å². The first-order chi connectivity index (χ1) is 8.12. The van der Waals surface area contributed by atoms with Crippen LogP contribution < -0.4 is 5.32 Å². The molecule has 0 aliphatic carbocycles. The number of halogens is 2. The molecule has 0 bridgehead atoms. The Balaban J connectivity index is 3.34. The molecule has 0 atom stereocenters. The monoisotopic (exact) mass is 293 g/mol. The Morgan fingerprint density at radius 2 is 1.94 bits per heavy atom. The number of hydrogen-bond acceptors (Lipinski definition) is 3. The van der Waals surface area contributed by atoms with Crippen LogP contribution >= 0.6 is 10.7 Å². The largest absolute Gasteiger partial charge is 0.350 e. The van der Waals surface area contributed by atoms with Gasteiger partial charge in [-0.2, -0.15) is 0 Å². The number of nitrogens with one attached hydrogen (secondary N) is 1. The van der Waals surface area contributed by atoms with E-state index in [1.54, 1.807) is 13.8 Å². The molecule has 4 nitrogen and oxygen atoms in total. The van der Waals surface area contributed by atoms with Gasteiger partial charge in [0, 0.05) is 27.9 Å². The summed E-state index contributed by atoms with van der Waals surface area (Å²) in [6, 6.07) is 1.91. The Morgan fingerprint density at radius 1 is 1.39 bits per heavy atom. The molecule has 0 unspecified atom stereocenters. The first kappa shape index (κ1) is 14.9. The van der Waals surface area contributed by atoms with Gasteiger partial charge in [-0.15, -0.1) is 0 Å². The zero-order valence-corrected chi connectivity index (χ0v) is 11.7. The molecule has 7 heteroatoms. The molecule has 0 spiro atoms. The first-order valence-corrected chi connectivity index (χ1v) is 7.49. The minimum absolute atomic E-state index is 0.0778. The second-order valence-corrected chi connectivity index (χ2v) is 6.68. The number of benzene rings is 1. The number of rotatable bonds is 3. The van der Waals surface area contributed by atoms with Gasteiger partial charge in [-0.1, -0.05) is 0 Å². The molecule has 1 aromatic rings. The van der Waals surface area contributed by atoms with Crippen molar-refractivity contribution in [2.24, 2.45) is 0 Å². The molecule has 0 heterocycles. The Hall–Kier alpha value is -1.14. The summed E-state index contributed by atoms with van der Waals surface area (Å²) in [5.41, 5.74) is -0.183. The Labute approximate surface area is 110 Å². The maximum Gasteiger partial charge on any atom is 0.261 e. The van der Waals surface area contributed by atoms with E-state index in [-0.39, 0.29) is 17.2 Å². The summed E-state index contributed by atoms with van der Waals surface area (Å²) in [4.78, 5) is 11.3. The van der Waals surface area contributed by atoms with Crippen LogP contribution in [0.25, 0.3) is 0 Å². The van der Waals surface area contributed by atoms with Gasteiger partial charge in [0.25, 0.3) is 15.0 Å². The van der Waals surface area contributed by atoms with Crippen LogP contribution in [0.1, 0.15) is 29.8 Å². The van der Waals surface area contributed by atoms with Crippen molar-refractivity contribution in [2.75, 3.05) is 0 Å². The van der Waals surface area contributed by atoms with Crippen LogP contribution in [0.5, 0.6) is 0 Å². The lowest BCUT2D eigenvalue weighted by atomic mass is 10.1. The van der Waals surface area contributed by atoms with Crippen LogP contribution in [0.3, 0.4) is 0 Å². The van der Waals surface area contributed by atoms with Gasteiger partial charge in [-0.25, -0.2) is 12.8 Å². The van der Waals surface area contributed by atoms with Gasteiger partial charge in [0.05, 0.1) is 4.90 Å². The first-order valence-electron chi connectivity index (χ1n) is 5.18. The lowest BCUT2D eigenvalue weighted by molar-refractivity contribution is 0.0942. The number of carbonyl (C=O) groups excluding carboxylic acids is 1. The van der Waals surface area contributed by atoms with E-state index >= 15 is 0 Å². The minimum atomic E-state index is -4.09. The van der Waals surface area contributed by atoms with Crippen molar-refractivity contribution < 1.29 is 17.6 Å². The molecular weight excluding hydrogens is 281 g/mol. The summed E-state index contributed by atoms with van der Waals surface area (Å²) in [5.74, 6) is -1.34. The molecule has 0 aromatic heterocycles. The fraction of sp³-hybridized carbons (Fsp3) is 0.364. The highest BCUT2D eigenvalue weighted by Crippen LogP contribution is 2.23. The summed E-state index contributed by atoms with van der Waals surface area (Å²) in [6.45, 7) is 4.76. The predicted octanol–water partition coefficient (Wildman–Crippen LogP) is 2.20. The number of amides is 1. The van der Waals surface area contributed by atoms with E-state index in [0.29, 0.717) is 0 Å². The van der Waals surface area contributed by atoms with E-state index in [0.717, 1.165) is 12.1 Å². The average Bonchev–Trinajstić information content (AvgIpc) is 2.18. The molecule has 0 saturated carbocycles. The summed E-state index contributed by atoms with van der Waals surface area (Å²) >= 11 is 0. The third kappa shape index (κ3) is 3.43. The lowest BCUT2D eigenvalue weighted by Gasteiger charge is -2.10. The smallest absolute Gasteiger partial charge is 0.261 e. The predicted molar refractivity (Wildman–Crippen MR) is 66.8 cm³/mol. The maximum absolute atomic E-state index is 13.6. The van der Waals surface area contributed by atoms with Gasteiger partial charge in [0.15, 0.2) is 0 Å². The molecule has 0 radical (unpaired) electrons. The van der Waals surface area contributed by atoms with Gasteiger partial charge in [0.1, 0.15) is 5.82 Å². The standard InChI is InChI=1S/C11H13ClFNO3S/c1-6(2)14-11(15)8-4-9(13)7(3)10(5-8)18(12,16)17/h4-6H,1-3H3,(H,14,15). The Bertz CT molecular complexity index is 584. The van der Waals surface area contributed by atoms with Crippen LogP contribution in [-0.2, 0) is 9.05 Å². The molecule has 1 N–H and O–H groups in total. The summed E-state index contributed by atoms with van der Waals surface area (Å²) in [5, 5.41) is 2.54. The van der Waals surface area contributed by atoms with Crippen molar-refractivity contribution in [3.63, 3.8) is 0 Å². The minimum Gasteiger partial charge on any atom is -0.350 e. The van der Waals surface area contributed by atoms with Crippen LogP contribution in [0.15, 0.2) is 17.0 Å². The van der Waals surface area contributed by atoms with Crippen LogP contribution in [0.4, 0.5) is 4.39 Å². The van der Waals surface area contributed by atoms with E-state index in [1.165, 1.54) is 6.92 Å². The zero-order chi connectivity index (χ0) is 14.1. The van der Waals surface area contributed by atoms with E-state index in [2.05, 4.69) is 5.32 Å². The second kappa shape index (κ2) is 5.24. The highest BCUT2D eigenvalue weighted by Gasteiger charge is 2.20. The molecule has 1 amide bonds.